The highest BCUT2D eigenvalue weighted by molar-refractivity contribution is 6.04. The second kappa shape index (κ2) is 11.8. The minimum atomic E-state index is -0.757. The first kappa shape index (κ1) is 20.4. The summed E-state index contributed by atoms with van der Waals surface area (Å²) in [6.07, 6.45) is 14.9. The molecule has 24 heavy (non-hydrogen) atoms. The maximum Gasteiger partial charge on any atom is 0.303 e. The molecule has 0 aliphatic heterocycles. The fraction of sp³-hybridized carbons (Fsp3) is 0.600. The topological polar surface area (TPSA) is 74.6 Å². The third-order valence-corrected chi connectivity index (χ3v) is 4.16. The van der Waals surface area contributed by atoms with E-state index in [-0.39, 0.29) is 12.2 Å². The Hall–Kier alpha value is -1.68. The summed E-state index contributed by atoms with van der Waals surface area (Å²) in [5.41, 5.74) is 1.64. The molecule has 1 aliphatic carbocycles. The summed E-state index contributed by atoms with van der Waals surface area (Å²) in [4.78, 5) is 22.4. The van der Waals surface area contributed by atoms with E-state index in [1.165, 1.54) is 0 Å². The molecule has 0 heterocycles. The molecule has 0 bridgehead atoms. The maximum absolute atomic E-state index is 12.0. The van der Waals surface area contributed by atoms with Crippen LogP contribution in [0.5, 0.6) is 0 Å². The molecule has 134 valence electrons. The molecule has 1 aliphatic rings. The molecular weight excluding hydrogens is 304 g/mol. The zero-order valence-corrected chi connectivity index (χ0v) is 14.7. The molecular formula is C20H30O4. The second-order valence-electron chi connectivity index (χ2n) is 6.32. The summed E-state index contributed by atoms with van der Waals surface area (Å²) in [7, 11) is 0. The predicted octanol–water partition coefficient (Wildman–Crippen LogP) is 4.34. The molecule has 1 rings (SSSR count). The first-order valence-electron chi connectivity index (χ1n) is 9.06. The van der Waals surface area contributed by atoms with Crippen LogP contribution in [-0.4, -0.2) is 28.1 Å². The van der Waals surface area contributed by atoms with E-state index < -0.39 is 12.1 Å². The molecule has 0 radical (unpaired) electrons. The number of carbonyl (C=O) groups excluding carboxylic acids is 1. The van der Waals surface area contributed by atoms with Crippen molar-refractivity contribution in [3.8, 4) is 0 Å². The quantitative estimate of drug-likeness (QED) is 0.411. The summed E-state index contributed by atoms with van der Waals surface area (Å²) in [6.45, 7) is 2.13. The van der Waals surface area contributed by atoms with Crippen LogP contribution in [0.4, 0.5) is 0 Å². The van der Waals surface area contributed by atoms with Gasteiger partial charge >= 0.3 is 5.97 Å². The summed E-state index contributed by atoms with van der Waals surface area (Å²) >= 11 is 0. The minimum absolute atomic E-state index is 0.126. The smallest absolute Gasteiger partial charge is 0.303 e. The van der Waals surface area contributed by atoms with Crippen LogP contribution >= 0.6 is 0 Å². The fourth-order valence-corrected chi connectivity index (χ4v) is 2.73. The average Bonchev–Trinajstić information content (AvgIpc) is 2.89. The monoisotopic (exact) mass is 334 g/mol. The largest absolute Gasteiger partial charge is 0.481 e. The highest BCUT2D eigenvalue weighted by Gasteiger charge is 2.18. The molecule has 0 aromatic rings. The molecule has 0 fully saturated rings. The Labute approximate surface area is 145 Å². The lowest BCUT2D eigenvalue weighted by molar-refractivity contribution is -0.137. The van der Waals surface area contributed by atoms with Gasteiger partial charge in [-0.1, -0.05) is 56.9 Å². The van der Waals surface area contributed by atoms with Crippen molar-refractivity contribution in [1.29, 1.82) is 0 Å². The SMILES string of the molecule is CCCCC[C@H](O)/C=C/C1=CCC(=O)/C1=C/CCCCCC(=O)O. The number of unbranched alkanes of at least 4 members (excludes halogenated alkanes) is 5. The van der Waals surface area contributed by atoms with Gasteiger partial charge in [-0.2, -0.15) is 0 Å². The summed E-state index contributed by atoms with van der Waals surface area (Å²) < 4.78 is 0. The number of aliphatic hydroxyl groups excluding tert-OH is 1. The molecule has 0 unspecified atom stereocenters. The molecule has 0 aromatic carbocycles. The maximum atomic E-state index is 12.0. The lowest BCUT2D eigenvalue weighted by atomic mass is 10.0. The van der Waals surface area contributed by atoms with Gasteiger partial charge in [0.05, 0.1) is 6.10 Å². The standard InChI is InChI=1S/C20H30O4/c1-2-3-6-9-17(21)14-12-16-13-15-19(22)18(16)10-7-4-5-8-11-20(23)24/h10,12-14,17,21H,2-9,11,15H2,1H3,(H,23,24)/b14-12+,18-10+/t17-/m0/s1. The van der Waals surface area contributed by atoms with Gasteiger partial charge in [0, 0.05) is 18.4 Å². The number of carbonyl (C=O) groups is 2. The minimum Gasteiger partial charge on any atom is -0.481 e. The Morgan fingerprint density at radius 1 is 1.25 bits per heavy atom. The van der Waals surface area contributed by atoms with Gasteiger partial charge < -0.3 is 10.2 Å². The number of hydrogen-bond donors (Lipinski definition) is 2. The molecule has 0 saturated heterocycles. The lowest BCUT2D eigenvalue weighted by Gasteiger charge is -2.05. The number of carboxylic acid groups (broad SMARTS) is 1. The summed E-state index contributed by atoms with van der Waals surface area (Å²) in [5.74, 6) is -0.632. The number of aliphatic hydroxyl groups is 1. The van der Waals surface area contributed by atoms with Crippen LogP contribution in [0.3, 0.4) is 0 Å². The van der Waals surface area contributed by atoms with Gasteiger partial charge in [-0.05, 0) is 31.3 Å². The van der Waals surface area contributed by atoms with Gasteiger partial charge in [0.1, 0.15) is 0 Å². The number of hydrogen-bond acceptors (Lipinski definition) is 3. The summed E-state index contributed by atoms with van der Waals surface area (Å²) in [5, 5.41) is 18.5. The van der Waals surface area contributed by atoms with Gasteiger partial charge in [-0.3, -0.25) is 9.59 Å². The molecule has 1 atom stereocenters. The van der Waals surface area contributed by atoms with Crippen LogP contribution in [-0.2, 0) is 9.59 Å². The van der Waals surface area contributed by atoms with E-state index in [4.69, 9.17) is 5.11 Å². The van der Waals surface area contributed by atoms with E-state index in [0.29, 0.717) is 12.8 Å². The molecule has 0 saturated carbocycles. The third kappa shape index (κ3) is 8.25. The van der Waals surface area contributed by atoms with Crippen LogP contribution in [0, 0.1) is 0 Å². The molecule has 4 nitrogen and oxygen atoms in total. The molecule has 0 aromatic heterocycles. The number of allylic oxidation sites excluding steroid dienone is 5. The average molecular weight is 334 g/mol. The Morgan fingerprint density at radius 2 is 2.04 bits per heavy atom. The second-order valence-corrected chi connectivity index (χ2v) is 6.32. The Bertz CT molecular complexity index is 500. The van der Waals surface area contributed by atoms with E-state index in [1.54, 1.807) is 6.08 Å². The Kier molecular flexibility index (Phi) is 10.0. The number of carboxylic acids is 1. The summed E-state index contributed by atoms with van der Waals surface area (Å²) in [6, 6.07) is 0. The van der Waals surface area contributed by atoms with Crippen molar-refractivity contribution in [3.05, 3.63) is 35.5 Å². The van der Waals surface area contributed by atoms with Crippen molar-refractivity contribution in [1.82, 2.24) is 0 Å². The van der Waals surface area contributed by atoms with Crippen molar-refractivity contribution in [2.75, 3.05) is 0 Å². The normalized spacial score (nSPS) is 17.7. The highest BCUT2D eigenvalue weighted by Crippen LogP contribution is 2.24. The predicted molar refractivity (Wildman–Crippen MR) is 95.8 cm³/mol. The number of ketones is 1. The van der Waals surface area contributed by atoms with Crippen molar-refractivity contribution in [2.45, 2.75) is 77.2 Å². The van der Waals surface area contributed by atoms with Crippen LogP contribution in [0.15, 0.2) is 35.5 Å². The van der Waals surface area contributed by atoms with E-state index in [2.05, 4.69) is 6.92 Å². The first-order chi connectivity index (χ1) is 11.5. The lowest BCUT2D eigenvalue weighted by Crippen LogP contribution is -2.02. The fourth-order valence-electron chi connectivity index (χ4n) is 2.73. The van der Waals surface area contributed by atoms with E-state index in [9.17, 15) is 14.7 Å². The third-order valence-electron chi connectivity index (χ3n) is 4.16. The number of rotatable bonds is 12. The van der Waals surface area contributed by atoms with Crippen molar-refractivity contribution >= 4 is 11.8 Å². The zero-order chi connectivity index (χ0) is 17.8. The Morgan fingerprint density at radius 3 is 2.75 bits per heavy atom. The van der Waals surface area contributed by atoms with Crippen molar-refractivity contribution in [3.63, 3.8) is 0 Å². The van der Waals surface area contributed by atoms with Crippen molar-refractivity contribution < 1.29 is 19.8 Å². The van der Waals surface area contributed by atoms with Crippen LogP contribution < -0.4 is 0 Å². The van der Waals surface area contributed by atoms with Gasteiger partial charge in [0.2, 0.25) is 0 Å². The Balaban J connectivity index is 2.42. The first-order valence-corrected chi connectivity index (χ1v) is 9.06. The van der Waals surface area contributed by atoms with E-state index in [1.807, 2.05) is 18.2 Å². The number of aliphatic carboxylic acids is 1. The number of Topliss-reactive ketones (excluding diaryl/α,β-unsaturated/α-hetero) is 1. The van der Waals surface area contributed by atoms with Gasteiger partial charge in [-0.15, -0.1) is 0 Å². The highest BCUT2D eigenvalue weighted by atomic mass is 16.4. The van der Waals surface area contributed by atoms with Gasteiger partial charge in [0.15, 0.2) is 5.78 Å². The van der Waals surface area contributed by atoms with E-state index >= 15 is 0 Å². The van der Waals surface area contributed by atoms with Gasteiger partial charge in [0.25, 0.3) is 0 Å². The van der Waals surface area contributed by atoms with E-state index in [0.717, 1.165) is 56.1 Å². The van der Waals surface area contributed by atoms with Crippen LogP contribution in [0.2, 0.25) is 0 Å². The van der Waals surface area contributed by atoms with Crippen molar-refractivity contribution in [2.24, 2.45) is 0 Å². The molecule has 0 spiro atoms. The van der Waals surface area contributed by atoms with Gasteiger partial charge in [-0.25, -0.2) is 0 Å². The molecule has 0 amide bonds. The van der Waals surface area contributed by atoms with Crippen LogP contribution in [0.25, 0.3) is 0 Å². The molecule has 4 heteroatoms. The zero-order valence-electron chi connectivity index (χ0n) is 14.7. The molecule has 2 N–H and O–H groups in total. The van der Waals surface area contributed by atoms with Crippen LogP contribution in [0.1, 0.15) is 71.1 Å².